The number of hydrogen-bond acceptors (Lipinski definition) is 3. The van der Waals surface area contributed by atoms with Gasteiger partial charge in [0, 0.05) is 13.1 Å². The van der Waals surface area contributed by atoms with Gasteiger partial charge in [0.05, 0.1) is 12.5 Å². The van der Waals surface area contributed by atoms with E-state index >= 15 is 0 Å². The van der Waals surface area contributed by atoms with Crippen LogP contribution in [0.15, 0.2) is 48.5 Å². The van der Waals surface area contributed by atoms with E-state index in [0.717, 1.165) is 43.7 Å². The van der Waals surface area contributed by atoms with E-state index in [1.54, 1.807) is 7.11 Å². The fourth-order valence-corrected chi connectivity index (χ4v) is 3.73. The molecule has 0 bridgehead atoms. The zero-order valence-corrected chi connectivity index (χ0v) is 15.7. The molecule has 0 aliphatic carbocycles. The van der Waals surface area contributed by atoms with Crippen molar-refractivity contribution in [3.63, 3.8) is 0 Å². The fraction of sp³-hybridized carbons (Fsp3) is 0.409. The Bertz CT molecular complexity index is 717. The lowest BCUT2D eigenvalue weighted by atomic mass is 9.74. The molecule has 1 heterocycles. The summed E-state index contributed by atoms with van der Waals surface area (Å²) in [4.78, 5) is 12.7. The van der Waals surface area contributed by atoms with Crippen LogP contribution in [0.25, 0.3) is 11.1 Å². The van der Waals surface area contributed by atoms with Crippen LogP contribution in [0.1, 0.15) is 25.3 Å². The highest BCUT2D eigenvalue weighted by atomic mass is 16.5. The highest BCUT2D eigenvalue weighted by Crippen LogP contribution is 2.32. The van der Waals surface area contributed by atoms with Crippen LogP contribution in [-0.4, -0.2) is 32.7 Å². The van der Waals surface area contributed by atoms with E-state index in [2.05, 4.69) is 47.0 Å². The van der Waals surface area contributed by atoms with Crippen LogP contribution in [0.5, 0.6) is 5.75 Å². The van der Waals surface area contributed by atoms with Gasteiger partial charge in [-0.25, -0.2) is 0 Å². The molecule has 1 aliphatic heterocycles. The third-order valence-corrected chi connectivity index (χ3v) is 5.21. The van der Waals surface area contributed by atoms with Crippen molar-refractivity contribution in [3.05, 3.63) is 54.1 Å². The third kappa shape index (κ3) is 4.07. The van der Waals surface area contributed by atoms with Crippen molar-refractivity contribution in [2.75, 3.05) is 26.7 Å². The van der Waals surface area contributed by atoms with Crippen LogP contribution < -0.4 is 15.4 Å². The number of benzene rings is 2. The van der Waals surface area contributed by atoms with E-state index in [4.69, 9.17) is 4.74 Å². The van der Waals surface area contributed by atoms with Gasteiger partial charge in [-0.1, -0.05) is 36.4 Å². The van der Waals surface area contributed by atoms with Crippen LogP contribution in [0, 0.1) is 5.41 Å². The van der Waals surface area contributed by atoms with Gasteiger partial charge in [0.2, 0.25) is 5.91 Å². The molecular weight excluding hydrogens is 324 g/mol. The van der Waals surface area contributed by atoms with Gasteiger partial charge in [-0.05, 0) is 61.6 Å². The highest BCUT2D eigenvalue weighted by Gasteiger charge is 2.39. The van der Waals surface area contributed by atoms with Crippen molar-refractivity contribution >= 4 is 5.91 Å². The maximum Gasteiger partial charge on any atom is 0.227 e. The van der Waals surface area contributed by atoms with Crippen molar-refractivity contribution in [1.82, 2.24) is 10.6 Å². The number of methoxy groups -OCH3 is 1. The first-order valence-electron chi connectivity index (χ1n) is 9.39. The largest absolute Gasteiger partial charge is 0.497 e. The molecule has 1 aliphatic rings. The topological polar surface area (TPSA) is 50.4 Å². The Morgan fingerprint density at radius 3 is 2.31 bits per heavy atom. The Morgan fingerprint density at radius 1 is 1.12 bits per heavy atom. The summed E-state index contributed by atoms with van der Waals surface area (Å²) in [6.45, 7) is 4.40. The number of carbonyl (C=O) groups excluding carboxylic acids is 1. The Kier molecular flexibility index (Phi) is 5.94. The minimum Gasteiger partial charge on any atom is -0.497 e. The molecule has 2 aromatic rings. The summed E-state index contributed by atoms with van der Waals surface area (Å²) in [6.07, 6.45) is 2.75. The number of hydrogen-bond donors (Lipinski definition) is 2. The second-order valence-electron chi connectivity index (χ2n) is 7.02. The average molecular weight is 352 g/mol. The summed E-state index contributed by atoms with van der Waals surface area (Å²) in [5.41, 5.74) is 3.20. The molecule has 1 atom stereocenters. The SMILES string of the molecule is CCNC(=O)[C@@]1(Cc2ccc(-c3ccc(OC)cc3)cc2)CCCNC1. The minimum atomic E-state index is -0.337. The minimum absolute atomic E-state index is 0.173. The molecule has 0 radical (unpaired) electrons. The molecule has 3 rings (SSSR count). The standard InChI is InChI=1S/C22H28N2O2/c1-3-24-21(25)22(13-4-14-23-16-22)15-17-5-7-18(8-6-17)19-9-11-20(26-2)12-10-19/h5-12,23H,3-4,13-16H2,1-2H3,(H,24,25)/t22-/m1/s1. The first-order valence-corrected chi connectivity index (χ1v) is 9.39. The van der Waals surface area contributed by atoms with Crippen LogP contribution >= 0.6 is 0 Å². The van der Waals surface area contributed by atoms with Crippen molar-refractivity contribution in [3.8, 4) is 16.9 Å². The van der Waals surface area contributed by atoms with E-state index in [1.165, 1.54) is 11.1 Å². The molecule has 4 heteroatoms. The number of ether oxygens (including phenoxy) is 1. The van der Waals surface area contributed by atoms with Crippen molar-refractivity contribution in [2.24, 2.45) is 5.41 Å². The Morgan fingerprint density at radius 2 is 1.77 bits per heavy atom. The molecule has 1 fully saturated rings. The zero-order valence-electron chi connectivity index (χ0n) is 15.7. The molecule has 0 unspecified atom stereocenters. The normalized spacial score (nSPS) is 19.8. The number of amides is 1. The fourth-order valence-electron chi connectivity index (χ4n) is 3.73. The van der Waals surface area contributed by atoms with Gasteiger partial charge in [-0.15, -0.1) is 0 Å². The molecule has 0 aromatic heterocycles. The summed E-state index contributed by atoms with van der Waals surface area (Å²) >= 11 is 0. The zero-order chi connectivity index (χ0) is 18.4. The summed E-state index contributed by atoms with van der Waals surface area (Å²) < 4.78 is 5.22. The molecule has 4 nitrogen and oxygen atoms in total. The third-order valence-electron chi connectivity index (χ3n) is 5.21. The van der Waals surface area contributed by atoms with Gasteiger partial charge in [-0.2, -0.15) is 0 Å². The molecule has 138 valence electrons. The van der Waals surface area contributed by atoms with Gasteiger partial charge in [0.15, 0.2) is 0 Å². The molecule has 0 saturated carbocycles. The summed E-state index contributed by atoms with van der Waals surface area (Å²) in [5.74, 6) is 1.03. The van der Waals surface area contributed by atoms with Gasteiger partial charge in [0.25, 0.3) is 0 Å². The maximum atomic E-state index is 12.7. The van der Waals surface area contributed by atoms with Crippen LogP contribution in [0.3, 0.4) is 0 Å². The lowest BCUT2D eigenvalue weighted by molar-refractivity contribution is -0.132. The van der Waals surface area contributed by atoms with E-state index in [1.807, 2.05) is 19.1 Å². The van der Waals surface area contributed by atoms with Crippen LogP contribution in [0.4, 0.5) is 0 Å². The first kappa shape index (κ1) is 18.5. The van der Waals surface area contributed by atoms with Gasteiger partial charge >= 0.3 is 0 Å². The summed E-state index contributed by atoms with van der Waals surface area (Å²) in [6, 6.07) is 16.6. The second-order valence-corrected chi connectivity index (χ2v) is 7.02. The number of nitrogens with one attached hydrogen (secondary N) is 2. The van der Waals surface area contributed by atoms with Crippen molar-refractivity contribution in [1.29, 1.82) is 0 Å². The molecule has 1 amide bonds. The lowest BCUT2D eigenvalue weighted by Gasteiger charge is -2.36. The van der Waals surface area contributed by atoms with E-state index in [0.29, 0.717) is 6.54 Å². The Hall–Kier alpha value is -2.33. The van der Waals surface area contributed by atoms with Gasteiger partial charge < -0.3 is 15.4 Å². The molecule has 26 heavy (non-hydrogen) atoms. The quantitative estimate of drug-likeness (QED) is 0.838. The molecule has 1 saturated heterocycles. The smallest absolute Gasteiger partial charge is 0.227 e. The summed E-state index contributed by atoms with van der Waals surface area (Å²) in [5, 5.41) is 6.44. The highest BCUT2D eigenvalue weighted by molar-refractivity contribution is 5.83. The van der Waals surface area contributed by atoms with Crippen molar-refractivity contribution < 1.29 is 9.53 Å². The van der Waals surface area contributed by atoms with Crippen LogP contribution in [-0.2, 0) is 11.2 Å². The van der Waals surface area contributed by atoms with E-state index < -0.39 is 0 Å². The number of carbonyl (C=O) groups is 1. The van der Waals surface area contributed by atoms with E-state index in [9.17, 15) is 4.79 Å². The van der Waals surface area contributed by atoms with E-state index in [-0.39, 0.29) is 11.3 Å². The molecule has 0 spiro atoms. The van der Waals surface area contributed by atoms with Gasteiger partial charge in [-0.3, -0.25) is 4.79 Å². The van der Waals surface area contributed by atoms with Gasteiger partial charge in [0.1, 0.15) is 5.75 Å². The monoisotopic (exact) mass is 352 g/mol. The number of rotatable bonds is 6. The average Bonchev–Trinajstić information content (AvgIpc) is 2.69. The predicted molar refractivity (Wildman–Crippen MR) is 105 cm³/mol. The predicted octanol–water partition coefficient (Wildman–Crippen LogP) is 3.41. The Labute approximate surface area is 156 Å². The summed E-state index contributed by atoms with van der Waals surface area (Å²) in [7, 11) is 1.68. The molecule has 2 N–H and O–H groups in total. The second kappa shape index (κ2) is 8.37. The van der Waals surface area contributed by atoms with Crippen molar-refractivity contribution in [2.45, 2.75) is 26.2 Å². The van der Waals surface area contributed by atoms with Crippen LogP contribution in [0.2, 0.25) is 0 Å². The number of piperidine rings is 1. The molecule has 2 aromatic carbocycles. The Balaban J connectivity index is 1.77. The maximum absolute atomic E-state index is 12.7. The molecular formula is C22H28N2O2. The first-order chi connectivity index (χ1) is 12.7. The lowest BCUT2D eigenvalue weighted by Crippen LogP contribution is -2.51.